The maximum Gasteiger partial charge on any atom is 0.306 e. The number of anilines is 1. The number of esters is 1. The minimum Gasteiger partial charge on any atom is -0.453 e. The summed E-state index contributed by atoms with van der Waals surface area (Å²) >= 11 is 0. The Morgan fingerprint density at radius 1 is 1.07 bits per heavy atom. The normalized spacial score (nSPS) is 12.2. The van der Waals surface area contributed by atoms with Gasteiger partial charge in [0.05, 0.1) is 0 Å². The number of para-hydroxylation sites is 2. The minimum atomic E-state index is -0.842. The van der Waals surface area contributed by atoms with E-state index in [-0.39, 0.29) is 24.2 Å². The summed E-state index contributed by atoms with van der Waals surface area (Å²) < 4.78 is 5.37. The third-order valence-corrected chi connectivity index (χ3v) is 5.35. The van der Waals surface area contributed by atoms with E-state index in [9.17, 15) is 9.59 Å². The molecule has 158 valence electrons. The molecule has 2 N–H and O–H groups in total. The summed E-state index contributed by atoms with van der Waals surface area (Å²) in [5.41, 5.74) is 5.15. The third-order valence-electron chi connectivity index (χ3n) is 5.35. The molecule has 2 aromatic carbocycles. The van der Waals surface area contributed by atoms with E-state index in [1.165, 1.54) is 10.9 Å². The minimum absolute atomic E-state index is 0.277. The molecule has 0 aliphatic rings. The predicted octanol–water partition coefficient (Wildman–Crippen LogP) is 5.49. The Morgan fingerprint density at radius 2 is 1.83 bits per heavy atom. The van der Waals surface area contributed by atoms with E-state index in [1.807, 2.05) is 49.5 Å². The van der Waals surface area contributed by atoms with Gasteiger partial charge in [-0.15, -0.1) is 0 Å². The molecule has 0 bridgehead atoms. The first-order valence-electron chi connectivity index (χ1n) is 10.5. The second-order valence-corrected chi connectivity index (χ2v) is 8.03. The van der Waals surface area contributed by atoms with E-state index in [0.717, 1.165) is 28.8 Å². The van der Waals surface area contributed by atoms with Gasteiger partial charge in [0.15, 0.2) is 6.10 Å². The van der Waals surface area contributed by atoms with E-state index in [4.69, 9.17) is 4.74 Å². The smallest absolute Gasteiger partial charge is 0.306 e. The van der Waals surface area contributed by atoms with Crippen LogP contribution in [-0.4, -0.2) is 23.0 Å². The van der Waals surface area contributed by atoms with Gasteiger partial charge in [0, 0.05) is 29.2 Å². The average molecular weight is 407 g/mol. The molecule has 30 heavy (non-hydrogen) atoms. The Kier molecular flexibility index (Phi) is 6.93. The zero-order valence-electron chi connectivity index (χ0n) is 18.1. The molecule has 1 atom stereocenters. The number of aryl methyl sites for hydroxylation is 2. The molecule has 5 nitrogen and oxygen atoms in total. The highest BCUT2D eigenvalue weighted by atomic mass is 16.5. The Balaban J connectivity index is 1.51. The van der Waals surface area contributed by atoms with Crippen molar-refractivity contribution in [1.29, 1.82) is 0 Å². The summed E-state index contributed by atoms with van der Waals surface area (Å²) in [4.78, 5) is 28.1. The van der Waals surface area contributed by atoms with E-state index < -0.39 is 6.10 Å². The van der Waals surface area contributed by atoms with Gasteiger partial charge >= 0.3 is 5.97 Å². The van der Waals surface area contributed by atoms with Crippen LogP contribution in [0.25, 0.3) is 10.9 Å². The van der Waals surface area contributed by atoms with E-state index in [2.05, 4.69) is 30.2 Å². The number of carbonyl (C=O) groups is 2. The van der Waals surface area contributed by atoms with Crippen LogP contribution < -0.4 is 5.32 Å². The number of H-pyrrole nitrogens is 1. The lowest BCUT2D eigenvalue weighted by Gasteiger charge is -2.19. The molecule has 1 heterocycles. The van der Waals surface area contributed by atoms with Crippen molar-refractivity contribution in [3.63, 3.8) is 0 Å². The number of fused-ring (bicyclic) bond motifs is 1. The van der Waals surface area contributed by atoms with Crippen LogP contribution in [0.3, 0.4) is 0 Å². The molecule has 0 spiro atoms. The number of benzene rings is 2. The number of ether oxygens (including phenoxy) is 1. The molecule has 0 aliphatic carbocycles. The molecule has 0 fully saturated rings. The summed E-state index contributed by atoms with van der Waals surface area (Å²) in [5, 5.41) is 4.12. The van der Waals surface area contributed by atoms with Crippen LogP contribution in [-0.2, 0) is 20.7 Å². The van der Waals surface area contributed by atoms with E-state index in [1.54, 1.807) is 6.92 Å². The van der Waals surface area contributed by atoms with Crippen LogP contribution in [0.5, 0.6) is 0 Å². The monoisotopic (exact) mass is 406 g/mol. The van der Waals surface area contributed by atoms with Gasteiger partial charge in [-0.25, -0.2) is 0 Å². The molecular weight excluding hydrogens is 376 g/mol. The van der Waals surface area contributed by atoms with Crippen molar-refractivity contribution in [2.24, 2.45) is 0 Å². The van der Waals surface area contributed by atoms with Crippen LogP contribution >= 0.6 is 0 Å². The van der Waals surface area contributed by atoms with Gasteiger partial charge in [-0.2, -0.15) is 0 Å². The fraction of sp³-hybridized carbons (Fsp3) is 0.360. The van der Waals surface area contributed by atoms with Gasteiger partial charge in [0.2, 0.25) is 0 Å². The number of aromatic amines is 1. The molecule has 0 radical (unpaired) electrons. The zero-order chi connectivity index (χ0) is 21.7. The number of hydrogen-bond acceptors (Lipinski definition) is 3. The number of amides is 1. The second kappa shape index (κ2) is 9.61. The van der Waals surface area contributed by atoms with Gasteiger partial charge in [0.1, 0.15) is 0 Å². The standard InChI is InChI=1S/C25H30N2O3/c1-16(2)20-12-7-9-17(3)24(20)27-25(29)18(4)30-23(28)14-8-10-19-15-26-22-13-6-5-11-21(19)22/h5-7,9,11-13,15-16,18,26H,8,10,14H2,1-4H3,(H,27,29)/t18-/m1/s1. The highest BCUT2D eigenvalue weighted by molar-refractivity contribution is 5.96. The quantitative estimate of drug-likeness (QED) is 0.486. The maximum atomic E-state index is 12.6. The summed E-state index contributed by atoms with van der Waals surface area (Å²) in [5.74, 6) is -0.384. The van der Waals surface area contributed by atoms with Gasteiger partial charge in [-0.1, -0.05) is 50.2 Å². The van der Waals surface area contributed by atoms with Crippen LogP contribution in [0, 0.1) is 6.92 Å². The molecule has 0 saturated heterocycles. The highest BCUT2D eigenvalue weighted by Gasteiger charge is 2.20. The van der Waals surface area contributed by atoms with Crippen molar-refractivity contribution in [3.8, 4) is 0 Å². The molecule has 1 amide bonds. The summed E-state index contributed by atoms with van der Waals surface area (Å²) in [6.07, 6.45) is 2.87. The van der Waals surface area contributed by atoms with Gasteiger partial charge < -0.3 is 15.0 Å². The number of aromatic nitrogens is 1. The largest absolute Gasteiger partial charge is 0.453 e. The van der Waals surface area contributed by atoms with Crippen LogP contribution in [0.4, 0.5) is 5.69 Å². The van der Waals surface area contributed by atoms with E-state index in [0.29, 0.717) is 6.42 Å². The molecule has 0 aliphatic heterocycles. The van der Waals surface area contributed by atoms with Crippen molar-refractivity contribution in [3.05, 3.63) is 65.4 Å². The molecule has 5 heteroatoms. The number of carbonyl (C=O) groups excluding carboxylic acids is 2. The van der Waals surface area contributed by atoms with Crippen molar-refractivity contribution < 1.29 is 14.3 Å². The number of rotatable bonds is 8. The SMILES string of the molecule is Cc1cccc(C(C)C)c1NC(=O)[C@@H](C)OC(=O)CCCc1c[nH]c2ccccc12. The molecule has 0 saturated carbocycles. The summed E-state index contributed by atoms with van der Waals surface area (Å²) in [7, 11) is 0. The van der Waals surface area contributed by atoms with Gasteiger partial charge in [-0.05, 0) is 55.4 Å². The molecular formula is C25H30N2O3. The lowest BCUT2D eigenvalue weighted by atomic mass is 9.98. The Hall–Kier alpha value is -3.08. The fourth-order valence-electron chi connectivity index (χ4n) is 3.64. The zero-order valence-corrected chi connectivity index (χ0v) is 18.1. The topological polar surface area (TPSA) is 71.2 Å². The Labute approximate surface area is 177 Å². The number of hydrogen-bond donors (Lipinski definition) is 2. The van der Waals surface area contributed by atoms with Crippen molar-refractivity contribution in [1.82, 2.24) is 4.98 Å². The van der Waals surface area contributed by atoms with Crippen molar-refractivity contribution in [2.75, 3.05) is 5.32 Å². The Bertz CT molecular complexity index is 1040. The first-order chi connectivity index (χ1) is 14.4. The molecule has 0 unspecified atom stereocenters. The first kappa shape index (κ1) is 21.6. The van der Waals surface area contributed by atoms with Crippen LogP contribution in [0.1, 0.15) is 56.2 Å². The number of nitrogens with one attached hydrogen (secondary N) is 2. The highest BCUT2D eigenvalue weighted by Crippen LogP contribution is 2.27. The lowest BCUT2D eigenvalue weighted by molar-refractivity contribution is -0.153. The third kappa shape index (κ3) is 5.09. The maximum absolute atomic E-state index is 12.6. The average Bonchev–Trinajstić information content (AvgIpc) is 3.12. The Morgan fingerprint density at radius 3 is 2.60 bits per heavy atom. The van der Waals surface area contributed by atoms with Crippen LogP contribution in [0.2, 0.25) is 0 Å². The molecule has 3 rings (SSSR count). The van der Waals surface area contributed by atoms with Gasteiger partial charge in [0.25, 0.3) is 5.91 Å². The van der Waals surface area contributed by atoms with Crippen molar-refractivity contribution in [2.45, 2.75) is 59.0 Å². The lowest BCUT2D eigenvalue weighted by Crippen LogP contribution is -2.30. The van der Waals surface area contributed by atoms with Gasteiger partial charge in [-0.3, -0.25) is 9.59 Å². The van der Waals surface area contributed by atoms with E-state index >= 15 is 0 Å². The first-order valence-corrected chi connectivity index (χ1v) is 10.5. The van der Waals surface area contributed by atoms with Crippen LogP contribution in [0.15, 0.2) is 48.7 Å². The predicted molar refractivity (Wildman–Crippen MR) is 121 cm³/mol. The summed E-state index contributed by atoms with van der Waals surface area (Å²) in [6.45, 7) is 7.74. The fourth-order valence-corrected chi connectivity index (χ4v) is 3.64. The second-order valence-electron chi connectivity index (χ2n) is 8.03. The molecule has 1 aromatic heterocycles. The van der Waals surface area contributed by atoms with Crippen molar-refractivity contribution >= 4 is 28.5 Å². The summed E-state index contributed by atoms with van der Waals surface area (Å²) in [6, 6.07) is 14.1. The molecule has 3 aromatic rings.